The number of fused-ring (bicyclic) bond motifs is 1. The molecule has 1 aromatic heterocycles. The molecule has 0 spiro atoms. The topological polar surface area (TPSA) is 17.8 Å². The Morgan fingerprint density at radius 2 is 1.35 bits per heavy atom. The van der Waals surface area contributed by atoms with E-state index >= 15 is 0 Å². The molecule has 0 fully saturated rings. The standard InChI is InChI=1S/C18H20N2/c1-11-6-14(4)18(15(5)7-11)20-10-19-16-8-12(2)13(3)9-17(16)20/h6-10H,1-5H3. The van der Waals surface area contributed by atoms with Crippen molar-refractivity contribution in [1.82, 2.24) is 9.55 Å². The zero-order valence-electron chi connectivity index (χ0n) is 12.8. The average molecular weight is 264 g/mol. The molecule has 0 amide bonds. The van der Waals surface area contributed by atoms with E-state index in [1.54, 1.807) is 0 Å². The van der Waals surface area contributed by atoms with E-state index in [1.807, 2.05) is 6.33 Å². The van der Waals surface area contributed by atoms with Crippen LogP contribution >= 0.6 is 0 Å². The Kier molecular flexibility index (Phi) is 2.89. The first-order chi connectivity index (χ1) is 9.47. The van der Waals surface area contributed by atoms with Gasteiger partial charge in [-0.1, -0.05) is 17.7 Å². The number of benzene rings is 2. The Morgan fingerprint density at radius 1 is 0.750 bits per heavy atom. The van der Waals surface area contributed by atoms with Gasteiger partial charge in [0.25, 0.3) is 0 Å². The molecular weight excluding hydrogens is 244 g/mol. The molecule has 0 aliphatic heterocycles. The lowest BCUT2D eigenvalue weighted by molar-refractivity contribution is 1.05. The van der Waals surface area contributed by atoms with E-state index in [0.29, 0.717) is 0 Å². The number of aromatic nitrogens is 2. The molecule has 0 bridgehead atoms. The number of hydrogen-bond acceptors (Lipinski definition) is 1. The van der Waals surface area contributed by atoms with Crippen LogP contribution in [0.5, 0.6) is 0 Å². The van der Waals surface area contributed by atoms with Crippen molar-refractivity contribution < 1.29 is 0 Å². The zero-order chi connectivity index (χ0) is 14.4. The van der Waals surface area contributed by atoms with Crippen LogP contribution in [0.25, 0.3) is 16.7 Å². The molecule has 2 aromatic carbocycles. The Labute approximate surface area is 120 Å². The van der Waals surface area contributed by atoms with Crippen LogP contribution in [-0.4, -0.2) is 9.55 Å². The van der Waals surface area contributed by atoms with Gasteiger partial charge in [0, 0.05) is 0 Å². The van der Waals surface area contributed by atoms with E-state index in [2.05, 4.69) is 68.4 Å². The van der Waals surface area contributed by atoms with Crippen molar-refractivity contribution in [2.75, 3.05) is 0 Å². The van der Waals surface area contributed by atoms with E-state index < -0.39 is 0 Å². The number of nitrogens with zero attached hydrogens (tertiary/aromatic N) is 2. The first kappa shape index (κ1) is 12.9. The molecule has 0 saturated heterocycles. The molecule has 3 aromatic rings. The van der Waals surface area contributed by atoms with Crippen LogP contribution in [0.1, 0.15) is 27.8 Å². The molecular formula is C18H20N2. The van der Waals surface area contributed by atoms with Gasteiger partial charge in [0.15, 0.2) is 0 Å². The maximum Gasteiger partial charge on any atom is 0.100 e. The fraction of sp³-hybridized carbons (Fsp3) is 0.278. The van der Waals surface area contributed by atoms with Crippen molar-refractivity contribution in [3.63, 3.8) is 0 Å². The first-order valence-electron chi connectivity index (χ1n) is 7.00. The minimum atomic E-state index is 1.06. The minimum Gasteiger partial charge on any atom is -0.298 e. The molecule has 1 heterocycles. The molecule has 0 N–H and O–H groups in total. The van der Waals surface area contributed by atoms with Gasteiger partial charge < -0.3 is 0 Å². The Morgan fingerprint density at radius 3 is 2.00 bits per heavy atom. The molecule has 2 nitrogen and oxygen atoms in total. The lowest BCUT2D eigenvalue weighted by atomic mass is 10.0. The number of imidazole rings is 1. The molecule has 0 saturated carbocycles. The van der Waals surface area contributed by atoms with Crippen molar-refractivity contribution in [1.29, 1.82) is 0 Å². The maximum atomic E-state index is 4.56. The van der Waals surface area contributed by atoms with E-state index in [-0.39, 0.29) is 0 Å². The normalized spacial score (nSPS) is 11.2. The fourth-order valence-corrected chi connectivity index (χ4v) is 2.99. The summed E-state index contributed by atoms with van der Waals surface area (Å²) in [4.78, 5) is 4.56. The van der Waals surface area contributed by atoms with Gasteiger partial charge in [0.1, 0.15) is 6.33 Å². The van der Waals surface area contributed by atoms with Gasteiger partial charge in [-0.15, -0.1) is 0 Å². The second kappa shape index (κ2) is 4.48. The summed E-state index contributed by atoms with van der Waals surface area (Å²) in [6.07, 6.45) is 1.94. The highest BCUT2D eigenvalue weighted by Crippen LogP contribution is 2.26. The van der Waals surface area contributed by atoms with Crippen molar-refractivity contribution in [3.05, 3.63) is 58.4 Å². The van der Waals surface area contributed by atoms with Crippen molar-refractivity contribution in [3.8, 4) is 5.69 Å². The SMILES string of the molecule is Cc1cc(C)c(-n2cnc3cc(C)c(C)cc32)c(C)c1. The summed E-state index contributed by atoms with van der Waals surface area (Å²) in [5, 5.41) is 0. The van der Waals surface area contributed by atoms with Gasteiger partial charge in [-0.05, 0) is 69.0 Å². The van der Waals surface area contributed by atoms with Crippen LogP contribution in [0.4, 0.5) is 0 Å². The average Bonchev–Trinajstić information content (AvgIpc) is 2.72. The number of rotatable bonds is 1. The number of aryl methyl sites for hydroxylation is 5. The van der Waals surface area contributed by atoms with E-state index in [0.717, 1.165) is 5.52 Å². The fourth-order valence-electron chi connectivity index (χ4n) is 2.99. The summed E-state index contributed by atoms with van der Waals surface area (Å²) in [6.45, 7) is 10.8. The zero-order valence-corrected chi connectivity index (χ0v) is 12.8. The highest BCUT2D eigenvalue weighted by atomic mass is 15.1. The van der Waals surface area contributed by atoms with Gasteiger partial charge in [-0.3, -0.25) is 4.57 Å². The van der Waals surface area contributed by atoms with Crippen LogP contribution < -0.4 is 0 Å². The molecule has 2 heteroatoms. The Balaban J connectivity index is 2.33. The van der Waals surface area contributed by atoms with Gasteiger partial charge in [-0.2, -0.15) is 0 Å². The predicted molar refractivity (Wildman–Crippen MR) is 84.8 cm³/mol. The monoisotopic (exact) mass is 264 g/mol. The van der Waals surface area contributed by atoms with Crippen molar-refractivity contribution in [2.45, 2.75) is 34.6 Å². The van der Waals surface area contributed by atoms with Crippen LogP contribution in [0.2, 0.25) is 0 Å². The molecule has 3 rings (SSSR count). The molecule has 0 atom stereocenters. The van der Waals surface area contributed by atoms with E-state index in [1.165, 1.54) is 39.0 Å². The van der Waals surface area contributed by atoms with Crippen molar-refractivity contribution in [2.24, 2.45) is 0 Å². The highest BCUT2D eigenvalue weighted by Gasteiger charge is 2.11. The molecule has 20 heavy (non-hydrogen) atoms. The summed E-state index contributed by atoms with van der Waals surface area (Å²) >= 11 is 0. The maximum absolute atomic E-state index is 4.56. The van der Waals surface area contributed by atoms with Crippen LogP contribution in [-0.2, 0) is 0 Å². The van der Waals surface area contributed by atoms with Crippen LogP contribution in [0.3, 0.4) is 0 Å². The minimum absolute atomic E-state index is 1.06. The summed E-state index contributed by atoms with van der Waals surface area (Å²) < 4.78 is 2.21. The van der Waals surface area contributed by atoms with Gasteiger partial charge in [-0.25, -0.2) is 4.98 Å². The smallest absolute Gasteiger partial charge is 0.100 e. The molecule has 102 valence electrons. The van der Waals surface area contributed by atoms with Gasteiger partial charge in [0.05, 0.1) is 16.7 Å². The summed E-state index contributed by atoms with van der Waals surface area (Å²) in [7, 11) is 0. The molecule has 0 aliphatic rings. The summed E-state index contributed by atoms with van der Waals surface area (Å²) in [6, 6.07) is 8.86. The van der Waals surface area contributed by atoms with Crippen LogP contribution in [0, 0.1) is 34.6 Å². The van der Waals surface area contributed by atoms with E-state index in [4.69, 9.17) is 0 Å². The lowest BCUT2D eigenvalue weighted by Gasteiger charge is -2.13. The second-order valence-corrected chi connectivity index (χ2v) is 5.79. The summed E-state index contributed by atoms with van der Waals surface area (Å²) in [5.41, 5.74) is 9.99. The molecule has 0 radical (unpaired) electrons. The largest absolute Gasteiger partial charge is 0.298 e. The second-order valence-electron chi connectivity index (χ2n) is 5.79. The quantitative estimate of drug-likeness (QED) is 0.629. The van der Waals surface area contributed by atoms with Crippen molar-refractivity contribution >= 4 is 11.0 Å². The predicted octanol–water partition coefficient (Wildman–Crippen LogP) is 4.57. The third kappa shape index (κ3) is 1.92. The van der Waals surface area contributed by atoms with E-state index in [9.17, 15) is 0 Å². The van der Waals surface area contributed by atoms with Gasteiger partial charge >= 0.3 is 0 Å². The lowest BCUT2D eigenvalue weighted by Crippen LogP contribution is -2.00. The summed E-state index contributed by atoms with van der Waals surface area (Å²) in [5.74, 6) is 0. The highest BCUT2D eigenvalue weighted by molar-refractivity contribution is 5.80. The molecule has 0 unspecified atom stereocenters. The Bertz CT molecular complexity index is 787. The molecule has 0 aliphatic carbocycles. The van der Waals surface area contributed by atoms with Gasteiger partial charge in [0.2, 0.25) is 0 Å². The third-order valence-electron chi connectivity index (χ3n) is 4.04. The first-order valence-corrected chi connectivity index (χ1v) is 7.00. The number of hydrogen-bond donors (Lipinski definition) is 0. The third-order valence-corrected chi connectivity index (χ3v) is 4.04. The van der Waals surface area contributed by atoms with Crippen LogP contribution in [0.15, 0.2) is 30.6 Å². The Hall–Kier alpha value is -2.09.